The first kappa shape index (κ1) is 12.3. The molecule has 0 spiro atoms. The molecule has 0 bridgehead atoms. The SMILES string of the molecule is CNC1(C(N)=O)CCC(Sc2ccncn2)C1. The highest BCUT2D eigenvalue weighted by Gasteiger charge is 2.43. The lowest BCUT2D eigenvalue weighted by molar-refractivity contribution is -0.124. The maximum Gasteiger partial charge on any atom is 0.237 e. The summed E-state index contributed by atoms with van der Waals surface area (Å²) in [5.74, 6) is -0.259. The van der Waals surface area contributed by atoms with Gasteiger partial charge in [-0.3, -0.25) is 4.79 Å². The number of thioether (sulfide) groups is 1. The summed E-state index contributed by atoms with van der Waals surface area (Å²) >= 11 is 1.69. The summed E-state index contributed by atoms with van der Waals surface area (Å²) in [5, 5.41) is 4.40. The predicted octanol–water partition coefficient (Wildman–Crippen LogP) is 0.565. The summed E-state index contributed by atoms with van der Waals surface area (Å²) in [6, 6.07) is 1.88. The van der Waals surface area contributed by atoms with Crippen molar-refractivity contribution < 1.29 is 4.79 Å². The van der Waals surface area contributed by atoms with Gasteiger partial charge >= 0.3 is 0 Å². The normalized spacial score (nSPS) is 28.2. The molecule has 6 heteroatoms. The van der Waals surface area contributed by atoms with Crippen molar-refractivity contribution >= 4 is 17.7 Å². The number of nitrogens with one attached hydrogen (secondary N) is 1. The highest BCUT2D eigenvalue weighted by Crippen LogP contribution is 2.39. The largest absolute Gasteiger partial charge is 0.368 e. The van der Waals surface area contributed by atoms with Crippen molar-refractivity contribution in [1.82, 2.24) is 15.3 Å². The summed E-state index contributed by atoms with van der Waals surface area (Å²) in [6.07, 6.45) is 5.79. The fourth-order valence-electron chi connectivity index (χ4n) is 2.19. The lowest BCUT2D eigenvalue weighted by Gasteiger charge is -2.24. The minimum Gasteiger partial charge on any atom is -0.368 e. The van der Waals surface area contributed by atoms with Crippen molar-refractivity contribution in [2.45, 2.75) is 35.1 Å². The van der Waals surface area contributed by atoms with Gasteiger partial charge in [0.15, 0.2) is 0 Å². The summed E-state index contributed by atoms with van der Waals surface area (Å²) in [7, 11) is 1.79. The minimum atomic E-state index is -0.537. The van der Waals surface area contributed by atoms with E-state index in [2.05, 4.69) is 15.3 Å². The van der Waals surface area contributed by atoms with Crippen LogP contribution in [0.4, 0.5) is 0 Å². The molecule has 0 radical (unpaired) electrons. The van der Waals surface area contributed by atoms with Gasteiger partial charge in [-0.05, 0) is 32.4 Å². The zero-order chi connectivity index (χ0) is 12.3. The van der Waals surface area contributed by atoms with Crippen LogP contribution < -0.4 is 11.1 Å². The van der Waals surface area contributed by atoms with Gasteiger partial charge in [-0.25, -0.2) is 9.97 Å². The molecule has 5 nitrogen and oxygen atoms in total. The van der Waals surface area contributed by atoms with E-state index in [1.807, 2.05) is 6.07 Å². The van der Waals surface area contributed by atoms with Crippen LogP contribution in [0.1, 0.15) is 19.3 Å². The fraction of sp³-hybridized carbons (Fsp3) is 0.545. The Morgan fingerprint density at radius 2 is 2.53 bits per heavy atom. The molecule has 0 aliphatic heterocycles. The van der Waals surface area contributed by atoms with Crippen LogP contribution in [0.5, 0.6) is 0 Å². The molecule has 1 saturated carbocycles. The molecular formula is C11H16N4OS. The highest BCUT2D eigenvalue weighted by atomic mass is 32.2. The summed E-state index contributed by atoms with van der Waals surface area (Å²) in [5.41, 5.74) is 4.93. The first-order chi connectivity index (χ1) is 8.16. The van der Waals surface area contributed by atoms with Crippen molar-refractivity contribution in [3.8, 4) is 0 Å². The summed E-state index contributed by atoms with van der Waals surface area (Å²) < 4.78 is 0. The van der Waals surface area contributed by atoms with Crippen molar-refractivity contribution in [2.75, 3.05) is 7.05 Å². The molecule has 1 aliphatic carbocycles. The quantitative estimate of drug-likeness (QED) is 0.765. The van der Waals surface area contributed by atoms with Gasteiger partial charge in [-0.2, -0.15) is 0 Å². The smallest absolute Gasteiger partial charge is 0.237 e. The highest BCUT2D eigenvalue weighted by molar-refractivity contribution is 7.99. The number of aromatic nitrogens is 2. The Labute approximate surface area is 105 Å². The van der Waals surface area contributed by atoms with Crippen molar-refractivity contribution in [2.24, 2.45) is 5.73 Å². The average Bonchev–Trinajstić information content (AvgIpc) is 2.75. The number of rotatable bonds is 4. The fourth-order valence-corrected chi connectivity index (χ4v) is 3.39. The van der Waals surface area contributed by atoms with Gasteiger partial charge in [0.2, 0.25) is 5.91 Å². The van der Waals surface area contributed by atoms with Gasteiger partial charge in [-0.1, -0.05) is 0 Å². The van der Waals surface area contributed by atoms with E-state index in [0.717, 1.165) is 24.3 Å². The van der Waals surface area contributed by atoms with Gasteiger partial charge in [0.25, 0.3) is 0 Å². The molecule has 2 unspecified atom stereocenters. The van der Waals surface area contributed by atoms with Crippen LogP contribution in [0.15, 0.2) is 23.6 Å². The van der Waals surface area contributed by atoms with Gasteiger partial charge in [-0.15, -0.1) is 11.8 Å². The van der Waals surface area contributed by atoms with E-state index in [9.17, 15) is 4.79 Å². The number of hydrogen-bond donors (Lipinski definition) is 2. The van der Waals surface area contributed by atoms with E-state index in [1.54, 1.807) is 25.0 Å². The number of carbonyl (C=O) groups is 1. The Kier molecular flexibility index (Phi) is 3.63. The Hall–Kier alpha value is -1.14. The monoisotopic (exact) mass is 252 g/mol. The molecule has 92 valence electrons. The van der Waals surface area contributed by atoms with Crippen LogP contribution >= 0.6 is 11.8 Å². The second-order valence-corrected chi connectivity index (χ2v) is 5.55. The van der Waals surface area contributed by atoms with Crippen LogP contribution in [0.3, 0.4) is 0 Å². The maximum atomic E-state index is 11.5. The molecule has 0 aromatic carbocycles. The second kappa shape index (κ2) is 5.01. The van der Waals surface area contributed by atoms with E-state index in [1.165, 1.54) is 6.33 Å². The van der Waals surface area contributed by atoms with E-state index in [4.69, 9.17) is 5.73 Å². The Balaban J connectivity index is 2.01. The predicted molar refractivity (Wildman–Crippen MR) is 66.5 cm³/mol. The molecular weight excluding hydrogens is 236 g/mol. The Morgan fingerprint density at radius 3 is 3.06 bits per heavy atom. The first-order valence-corrected chi connectivity index (χ1v) is 6.46. The van der Waals surface area contributed by atoms with E-state index >= 15 is 0 Å². The molecule has 1 heterocycles. The number of carbonyl (C=O) groups excluding carboxylic acids is 1. The number of hydrogen-bond acceptors (Lipinski definition) is 5. The first-order valence-electron chi connectivity index (χ1n) is 5.58. The van der Waals surface area contributed by atoms with Crippen molar-refractivity contribution in [3.05, 3.63) is 18.6 Å². The zero-order valence-electron chi connectivity index (χ0n) is 9.72. The van der Waals surface area contributed by atoms with E-state index in [-0.39, 0.29) is 5.91 Å². The molecule has 17 heavy (non-hydrogen) atoms. The molecule has 1 aliphatic rings. The molecule has 2 atom stereocenters. The van der Waals surface area contributed by atoms with Crippen molar-refractivity contribution in [1.29, 1.82) is 0 Å². The zero-order valence-corrected chi connectivity index (χ0v) is 10.5. The standard InChI is InChI=1S/C11H16N4OS/c1-13-11(10(12)16)4-2-8(6-11)17-9-3-5-14-7-15-9/h3,5,7-8,13H,2,4,6H2,1H3,(H2,12,16). The molecule has 2 rings (SSSR count). The number of nitrogens with zero attached hydrogens (tertiary/aromatic N) is 2. The molecule has 1 amide bonds. The Bertz CT molecular complexity index is 400. The van der Waals surface area contributed by atoms with Crippen LogP contribution in [-0.4, -0.2) is 33.7 Å². The average molecular weight is 252 g/mol. The third kappa shape index (κ3) is 2.58. The minimum absolute atomic E-state index is 0.259. The van der Waals surface area contributed by atoms with Crippen LogP contribution in [0.2, 0.25) is 0 Å². The van der Waals surface area contributed by atoms with Crippen LogP contribution in [0.25, 0.3) is 0 Å². The maximum absolute atomic E-state index is 11.5. The van der Waals surface area contributed by atoms with Crippen molar-refractivity contribution in [3.63, 3.8) is 0 Å². The summed E-state index contributed by atoms with van der Waals surface area (Å²) in [4.78, 5) is 19.5. The molecule has 3 N–H and O–H groups in total. The van der Waals surface area contributed by atoms with Gasteiger partial charge in [0.05, 0.1) is 10.6 Å². The lowest BCUT2D eigenvalue weighted by atomic mass is 9.97. The molecule has 1 fully saturated rings. The number of amides is 1. The molecule has 1 aromatic heterocycles. The number of nitrogens with two attached hydrogens (primary N) is 1. The second-order valence-electron chi connectivity index (χ2n) is 4.23. The summed E-state index contributed by atoms with van der Waals surface area (Å²) in [6.45, 7) is 0. The molecule has 1 aromatic rings. The van der Waals surface area contributed by atoms with Crippen LogP contribution in [-0.2, 0) is 4.79 Å². The van der Waals surface area contributed by atoms with Gasteiger partial charge < -0.3 is 11.1 Å². The third-order valence-electron chi connectivity index (χ3n) is 3.26. The third-order valence-corrected chi connectivity index (χ3v) is 4.48. The van der Waals surface area contributed by atoms with Gasteiger partial charge in [0.1, 0.15) is 6.33 Å². The van der Waals surface area contributed by atoms with E-state index in [0.29, 0.717) is 5.25 Å². The Morgan fingerprint density at radius 1 is 1.71 bits per heavy atom. The van der Waals surface area contributed by atoms with Gasteiger partial charge in [0, 0.05) is 11.4 Å². The topological polar surface area (TPSA) is 80.9 Å². The number of primary amides is 1. The lowest BCUT2D eigenvalue weighted by Crippen LogP contribution is -2.52. The molecule has 0 saturated heterocycles. The van der Waals surface area contributed by atoms with E-state index < -0.39 is 5.54 Å². The number of likely N-dealkylation sites (N-methyl/N-ethyl adjacent to an activating group) is 1. The van der Waals surface area contributed by atoms with Crippen LogP contribution in [0, 0.1) is 0 Å².